The Morgan fingerprint density at radius 3 is 2.16 bits per heavy atom. The lowest BCUT2D eigenvalue weighted by molar-refractivity contribution is 1.02. The number of pyridine rings is 2. The van der Waals surface area contributed by atoms with Gasteiger partial charge in [-0.25, -0.2) is 0 Å². The number of thiocarbonyl (C=S) groups is 2. The van der Waals surface area contributed by atoms with Gasteiger partial charge in [0.15, 0.2) is 10.2 Å². The monoisotopic (exact) mass is 374 g/mol. The Balaban J connectivity index is 0.000000251. The Kier molecular flexibility index (Phi) is 9.26. The molecule has 2 aromatic rings. The Bertz CT molecular complexity index is 732. The van der Waals surface area contributed by atoms with E-state index in [-0.39, 0.29) is 10.2 Å². The van der Waals surface area contributed by atoms with Crippen molar-refractivity contribution in [2.45, 2.75) is 6.92 Å². The second-order valence-corrected chi connectivity index (χ2v) is 5.26. The lowest BCUT2D eigenvalue weighted by Crippen LogP contribution is -2.25. The summed E-state index contributed by atoms with van der Waals surface area (Å²) >= 11 is 9.15. The molecule has 0 atom stereocenters. The van der Waals surface area contributed by atoms with Gasteiger partial charge in [-0.1, -0.05) is 12.1 Å². The quantitative estimate of drug-likeness (QED) is 0.353. The van der Waals surface area contributed by atoms with E-state index in [4.69, 9.17) is 11.5 Å². The fraction of sp³-hybridized carbons (Fsp3) is 0.0667. The van der Waals surface area contributed by atoms with Crippen LogP contribution in [0.5, 0.6) is 0 Å². The number of hydrazone groups is 2. The van der Waals surface area contributed by atoms with E-state index in [0.29, 0.717) is 0 Å². The molecule has 0 aliphatic rings. The summed E-state index contributed by atoms with van der Waals surface area (Å²) in [6, 6.07) is 11.1. The van der Waals surface area contributed by atoms with Gasteiger partial charge in [0.2, 0.25) is 0 Å². The zero-order chi connectivity index (χ0) is 18.5. The standard InChI is InChI=1S/C8H10N4S.C7H8N4S/c1-6(11-12-8(9)13)7-4-2-3-5-10-7;8-7(12)11-10-5-6-3-1-2-4-9-6/h2-5H,1H3,(H3,9,12,13);1-5H,(H3,8,11,12)/b11-6+;10-5+. The Morgan fingerprint density at radius 1 is 1.00 bits per heavy atom. The van der Waals surface area contributed by atoms with Crippen molar-refractivity contribution in [1.29, 1.82) is 0 Å². The number of hydrogen-bond donors (Lipinski definition) is 4. The van der Waals surface area contributed by atoms with Gasteiger partial charge in [0, 0.05) is 12.4 Å². The minimum Gasteiger partial charge on any atom is -0.375 e. The van der Waals surface area contributed by atoms with E-state index in [0.717, 1.165) is 17.1 Å². The smallest absolute Gasteiger partial charge is 0.184 e. The lowest BCUT2D eigenvalue weighted by atomic mass is 10.3. The fourth-order valence-electron chi connectivity index (χ4n) is 1.39. The van der Waals surface area contributed by atoms with E-state index in [2.05, 4.69) is 55.5 Å². The highest BCUT2D eigenvalue weighted by atomic mass is 32.1. The van der Waals surface area contributed by atoms with E-state index in [1.807, 2.05) is 43.3 Å². The summed E-state index contributed by atoms with van der Waals surface area (Å²) in [5.41, 5.74) is 17.6. The van der Waals surface area contributed by atoms with Crippen LogP contribution in [0.1, 0.15) is 18.3 Å². The Morgan fingerprint density at radius 2 is 1.64 bits per heavy atom. The minimum atomic E-state index is 0.141. The highest BCUT2D eigenvalue weighted by molar-refractivity contribution is 7.80. The van der Waals surface area contributed by atoms with Crippen molar-refractivity contribution in [2.24, 2.45) is 21.7 Å². The molecule has 0 saturated heterocycles. The summed E-state index contributed by atoms with van der Waals surface area (Å²) in [6.07, 6.45) is 4.93. The number of aromatic nitrogens is 2. The van der Waals surface area contributed by atoms with Crippen LogP contribution in [0.25, 0.3) is 0 Å². The number of nitrogens with zero attached hydrogens (tertiary/aromatic N) is 4. The molecule has 0 spiro atoms. The molecule has 0 unspecified atom stereocenters. The highest BCUT2D eigenvalue weighted by Crippen LogP contribution is 1.94. The molecule has 2 aromatic heterocycles. The van der Waals surface area contributed by atoms with Gasteiger partial charge in [-0.2, -0.15) is 10.2 Å². The molecule has 0 aliphatic heterocycles. The van der Waals surface area contributed by atoms with Gasteiger partial charge in [-0.3, -0.25) is 20.8 Å². The van der Waals surface area contributed by atoms with Crippen LogP contribution in [-0.4, -0.2) is 32.1 Å². The van der Waals surface area contributed by atoms with Crippen molar-refractivity contribution < 1.29 is 0 Å². The third kappa shape index (κ3) is 9.69. The van der Waals surface area contributed by atoms with Gasteiger partial charge in [0.05, 0.1) is 23.3 Å². The van der Waals surface area contributed by atoms with E-state index >= 15 is 0 Å². The summed E-state index contributed by atoms with van der Waals surface area (Å²) in [5.74, 6) is 0. The average molecular weight is 374 g/mol. The minimum absolute atomic E-state index is 0.141. The largest absolute Gasteiger partial charge is 0.375 e. The maximum absolute atomic E-state index is 5.21. The van der Waals surface area contributed by atoms with Gasteiger partial charge < -0.3 is 11.5 Å². The molecular weight excluding hydrogens is 356 g/mol. The van der Waals surface area contributed by atoms with Crippen LogP contribution in [0.2, 0.25) is 0 Å². The van der Waals surface area contributed by atoms with Crippen molar-refractivity contribution in [3.05, 3.63) is 60.2 Å². The molecule has 8 nitrogen and oxygen atoms in total. The zero-order valence-corrected chi connectivity index (χ0v) is 15.1. The maximum atomic E-state index is 5.21. The molecular formula is C15H18N8S2. The summed E-state index contributed by atoms with van der Waals surface area (Å²) < 4.78 is 0. The van der Waals surface area contributed by atoms with Crippen molar-refractivity contribution in [3.63, 3.8) is 0 Å². The number of rotatable bonds is 4. The molecule has 0 amide bonds. The summed E-state index contributed by atoms with van der Waals surface area (Å²) in [6.45, 7) is 1.83. The molecule has 0 aliphatic carbocycles. The molecule has 10 heteroatoms. The van der Waals surface area contributed by atoms with Crippen LogP contribution < -0.4 is 22.3 Å². The predicted octanol–water partition coefficient (Wildman–Crippen LogP) is 0.888. The topological polar surface area (TPSA) is 127 Å². The molecule has 2 rings (SSSR count). The molecule has 0 saturated carbocycles. The van der Waals surface area contributed by atoms with Crippen LogP contribution in [0, 0.1) is 0 Å². The number of hydrogen-bond acceptors (Lipinski definition) is 6. The van der Waals surface area contributed by atoms with Gasteiger partial charge in [0.1, 0.15) is 0 Å². The second-order valence-electron chi connectivity index (χ2n) is 4.38. The maximum Gasteiger partial charge on any atom is 0.184 e. The molecule has 0 bridgehead atoms. The molecule has 25 heavy (non-hydrogen) atoms. The van der Waals surface area contributed by atoms with Crippen LogP contribution >= 0.6 is 24.4 Å². The SMILES string of the molecule is C/C(=N\NC(N)=S)c1ccccn1.NC(=S)N/N=C/c1ccccn1. The van der Waals surface area contributed by atoms with Crippen LogP contribution in [0.4, 0.5) is 0 Å². The van der Waals surface area contributed by atoms with Crippen molar-refractivity contribution in [3.8, 4) is 0 Å². The van der Waals surface area contributed by atoms with Crippen molar-refractivity contribution >= 4 is 46.6 Å². The normalized spacial score (nSPS) is 10.5. The number of nitrogens with one attached hydrogen (secondary N) is 2. The third-order valence-electron chi connectivity index (χ3n) is 2.43. The van der Waals surface area contributed by atoms with Gasteiger partial charge in [-0.15, -0.1) is 0 Å². The Labute approximate surface area is 156 Å². The third-order valence-corrected chi connectivity index (χ3v) is 2.61. The highest BCUT2D eigenvalue weighted by Gasteiger charge is 1.96. The Hall–Kier alpha value is -2.98. The van der Waals surface area contributed by atoms with E-state index in [1.54, 1.807) is 18.6 Å². The summed E-state index contributed by atoms with van der Waals surface area (Å²) in [5, 5.41) is 7.96. The summed E-state index contributed by atoms with van der Waals surface area (Å²) in [4.78, 5) is 8.10. The zero-order valence-electron chi connectivity index (χ0n) is 13.5. The van der Waals surface area contributed by atoms with Crippen LogP contribution in [-0.2, 0) is 0 Å². The van der Waals surface area contributed by atoms with Crippen molar-refractivity contribution in [1.82, 2.24) is 20.8 Å². The second kappa shape index (κ2) is 11.5. The average Bonchev–Trinajstić information content (AvgIpc) is 2.61. The van der Waals surface area contributed by atoms with Crippen LogP contribution in [0.15, 0.2) is 59.0 Å². The predicted molar refractivity (Wildman–Crippen MR) is 108 cm³/mol. The fourth-order valence-corrected chi connectivity index (χ4v) is 1.49. The first-order valence-electron chi connectivity index (χ1n) is 6.99. The van der Waals surface area contributed by atoms with Gasteiger partial charge >= 0.3 is 0 Å². The van der Waals surface area contributed by atoms with E-state index < -0.39 is 0 Å². The number of nitrogens with two attached hydrogens (primary N) is 2. The first kappa shape index (κ1) is 20.1. The van der Waals surface area contributed by atoms with Gasteiger partial charge in [0.25, 0.3) is 0 Å². The van der Waals surface area contributed by atoms with Gasteiger partial charge in [-0.05, 0) is 55.6 Å². The molecule has 0 aromatic carbocycles. The van der Waals surface area contributed by atoms with Crippen LogP contribution in [0.3, 0.4) is 0 Å². The summed E-state index contributed by atoms with van der Waals surface area (Å²) in [7, 11) is 0. The van der Waals surface area contributed by atoms with Crippen molar-refractivity contribution in [2.75, 3.05) is 0 Å². The first-order valence-corrected chi connectivity index (χ1v) is 7.81. The lowest BCUT2D eigenvalue weighted by Gasteiger charge is -1.99. The molecule has 0 radical (unpaired) electrons. The first-order chi connectivity index (χ1) is 12.0. The molecule has 6 N–H and O–H groups in total. The molecule has 0 fully saturated rings. The molecule has 130 valence electrons. The van der Waals surface area contributed by atoms with E-state index in [9.17, 15) is 0 Å². The molecule has 2 heterocycles. The van der Waals surface area contributed by atoms with E-state index in [1.165, 1.54) is 0 Å².